The van der Waals surface area contributed by atoms with Crippen LogP contribution in [-0.2, 0) is 6.54 Å². The Morgan fingerprint density at radius 2 is 2.09 bits per heavy atom. The van der Waals surface area contributed by atoms with Gasteiger partial charge in [0.1, 0.15) is 5.82 Å². The highest BCUT2D eigenvalue weighted by atomic mass is 32.1. The fourth-order valence-corrected chi connectivity index (χ4v) is 4.13. The Labute approximate surface area is 138 Å². The fourth-order valence-electron chi connectivity index (χ4n) is 3.25. The molecule has 2 aromatic rings. The molecule has 0 saturated carbocycles. The standard InChI is InChI=1S/C17H21FN2O2S/c18-13-6-4-12(5-7-13)16-15(23-17(22)19-16)11-20-9-2-1-3-14(20)8-10-21/h4-7,14,21H,1-3,8-11H2,(H,19,22). The molecule has 1 fully saturated rings. The Kier molecular flexibility index (Phi) is 5.25. The molecule has 1 unspecified atom stereocenters. The lowest BCUT2D eigenvalue weighted by Crippen LogP contribution is -2.39. The van der Waals surface area contributed by atoms with Crippen LogP contribution in [0, 0.1) is 5.82 Å². The second-order valence-corrected chi connectivity index (χ2v) is 7.02. The van der Waals surface area contributed by atoms with E-state index in [0.717, 1.165) is 41.9 Å². The van der Waals surface area contributed by atoms with E-state index < -0.39 is 0 Å². The number of benzene rings is 1. The molecule has 2 heterocycles. The van der Waals surface area contributed by atoms with Gasteiger partial charge in [-0.1, -0.05) is 17.8 Å². The summed E-state index contributed by atoms with van der Waals surface area (Å²) in [6.07, 6.45) is 4.19. The van der Waals surface area contributed by atoms with Crippen molar-refractivity contribution in [2.75, 3.05) is 13.2 Å². The van der Waals surface area contributed by atoms with Crippen LogP contribution in [0.3, 0.4) is 0 Å². The van der Waals surface area contributed by atoms with Crippen LogP contribution in [0.5, 0.6) is 0 Å². The van der Waals surface area contributed by atoms with Crippen LogP contribution in [0.2, 0.25) is 0 Å². The van der Waals surface area contributed by atoms with Gasteiger partial charge in [-0.15, -0.1) is 0 Å². The van der Waals surface area contributed by atoms with Gasteiger partial charge >= 0.3 is 4.87 Å². The van der Waals surface area contributed by atoms with Gasteiger partial charge in [0.15, 0.2) is 0 Å². The Balaban J connectivity index is 1.85. The number of nitrogens with zero attached hydrogens (tertiary/aromatic N) is 1. The van der Waals surface area contributed by atoms with E-state index in [1.54, 1.807) is 12.1 Å². The minimum absolute atomic E-state index is 0.0879. The number of aromatic nitrogens is 1. The van der Waals surface area contributed by atoms with Gasteiger partial charge in [0.2, 0.25) is 0 Å². The van der Waals surface area contributed by atoms with Gasteiger partial charge in [-0.25, -0.2) is 4.39 Å². The number of aliphatic hydroxyl groups excluding tert-OH is 1. The van der Waals surface area contributed by atoms with Gasteiger partial charge in [0, 0.05) is 24.1 Å². The van der Waals surface area contributed by atoms with Crippen molar-refractivity contribution >= 4 is 11.3 Å². The van der Waals surface area contributed by atoms with Crippen molar-refractivity contribution < 1.29 is 9.50 Å². The lowest BCUT2D eigenvalue weighted by molar-refractivity contribution is 0.113. The van der Waals surface area contributed by atoms with E-state index >= 15 is 0 Å². The first-order valence-electron chi connectivity index (χ1n) is 8.00. The zero-order valence-corrected chi connectivity index (χ0v) is 13.7. The summed E-state index contributed by atoms with van der Waals surface area (Å²) >= 11 is 1.22. The summed E-state index contributed by atoms with van der Waals surface area (Å²) < 4.78 is 13.1. The Bertz CT molecular complexity index is 693. The quantitative estimate of drug-likeness (QED) is 0.882. The number of hydrogen-bond donors (Lipinski definition) is 2. The first-order chi connectivity index (χ1) is 11.2. The normalized spacial score (nSPS) is 19.1. The number of rotatable bonds is 5. The van der Waals surface area contributed by atoms with E-state index in [1.807, 2.05) is 0 Å². The number of H-pyrrole nitrogens is 1. The van der Waals surface area contributed by atoms with Crippen LogP contribution in [0.4, 0.5) is 4.39 Å². The largest absolute Gasteiger partial charge is 0.396 e. The highest BCUT2D eigenvalue weighted by molar-refractivity contribution is 7.09. The smallest absolute Gasteiger partial charge is 0.305 e. The van der Waals surface area contributed by atoms with E-state index in [9.17, 15) is 14.3 Å². The van der Waals surface area contributed by atoms with Crippen molar-refractivity contribution in [3.05, 3.63) is 44.6 Å². The van der Waals surface area contributed by atoms with Crippen LogP contribution < -0.4 is 4.87 Å². The molecule has 0 bridgehead atoms. The molecule has 0 aliphatic carbocycles. The molecule has 6 heteroatoms. The molecule has 1 aliphatic heterocycles. The van der Waals surface area contributed by atoms with Gasteiger partial charge < -0.3 is 10.1 Å². The average molecular weight is 336 g/mol. The number of thiazole rings is 1. The van der Waals surface area contributed by atoms with Crippen molar-refractivity contribution in [1.82, 2.24) is 9.88 Å². The number of likely N-dealkylation sites (tertiary alicyclic amines) is 1. The molecule has 23 heavy (non-hydrogen) atoms. The maximum Gasteiger partial charge on any atom is 0.305 e. The molecule has 0 amide bonds. The topological polar surface area (TPSA) is 56.3 Å². The molecule has 4 nitrogen and oxygen atoms in total. The Morgan fingerprint density at radius 1 is 1.30 bits per heavy atom. The maximum atomic E-state index is 13.1. The van der Waals surface area contributed by atoms with Crippen LogP contribution >= 0.6 is 11.3 Å². The van der Waals surface area contributed by atoms with E-state index in [-0.39, 0.29) is 17.3 Å². The lowest BCUT2D eigenvalue weighted by Gasteiger charge is -2.35. The Morgan fingerprint density at radius 3 is 2.83 bits per heavy atom. The van der Waals surface area contributed by atoms with Crippen LogP contribution in [0.15, 0.2) is 29.1 Å². The predicted octanol–water partition coefficient (Wildman–Crippen LogP) is 2.98. The molecule has 0 radical (unpaired) electrons. The van der Waals surface area contributed by atoms with Crippen LogP contribution in [0.1, 0.15) is 30.6 Å². The summed E-state index contributed by atoms with van der Waals surface area (Å²) in [5.74, 6) is -0.285. The number of nitrogens with one attached hydrogen (secondary N) is 1. The molecule has 1 saturated heterocycles. The Hall–Kier alpha value is -1.50. The SMILES string of the molecule is O=c1[nH]c(-c2ccc(F)cc2)c(CN2CCCCC2CCO)s1. The molecular formula is C17H21FN2O2S. The van der Waals surface area contributed by atoms with Gasteiger partial charge in [-0.2, -0.15) is 0 Å². The molecule has 3 rings (SSSR count). The molecule has 1 aromatic heterocycles. The zero-order valence-electron chi connectivity index (χ0n) is 12.9. The molecular weight excluding hydrogens is 315 g/mol. The summed E-state index contributed by atoms with van der Waals surface area (Å²) in [5.41, 5.74) is 1.61. The minimum atomic E-state index is -0.285. The van der Waals surface area contributed by atoms with Gasteiger partial charge in [0.05, 0.1) is 5.69 Å². The molecule has 0 spiro atoms. The summed E-state index contributed by atoms with van der Waals surface area (Å²) in [4.78, 5) is 18.0. The third-order valence-corrected chi connectivity index (χ3v) is 5.28. The van der Waals surface area contributed by atoms with Crippen molar-refractivity contribution in [2.24, 2.45) is 0 Å². The molecule has 1 atom stereocenters. The predicted molar refractivity (Wildman–Crippen MR) is 90.1 cm³/mol. The third-order valence-electron chi connectivity index (χ3n) is 4.41. The van der Waals surface area contributed by atoms with Gasteiger partial charge in [0.25, 0.3) is 0 Å². The molecule has 124 valence electrons. The number of hydrogen-bond acceptors (Lipinski definition) is 4. The fraction of sp³-hybridized carbons (Fsp3) is 0.471. The van der Waals surface area contributed by atoms with Crippen molar-refractivity contribution in [3.8, 4) is 11.3 Å². The number of halogens is 1. The zero-order chi connectivity index (χ0) is 16.2. The highest BCUT2D eigenvalue weighted by Gasteiger charge is 2.24. The third kappa shape index (κ3) is 3.88. The van der Waals surface area contributed by atoms with Gasteiger partial charge in [-0.3, -0.25) is 9.69 Å². The van der Waals surface area contributed by atoms with E-state index in [2.05, 4.69) is 9.88 Å². The first-order valence-corrected chi connectivity index (χ1v) is 8.82. The van der Waals surface area contributed by atoms with Crippen molar-refractivity contribution in [1.29, 1.82) is 0 Å². The second kappa shape index (κ2) is 7.38. The maximum absolute atomic E-state index is 13.1. The van der Waals surface area contributed by atoms with E-state index in [0.29, 0.717) is 12.6 Å². The first kappa shape index (κ1) is 16.4. The lowest BCUT2D eigenvalue weighted by atomic mass is 9.99. The summed E-state index contributed by atoms with van der Waals surface area (Å²) in [5, 5.41) is 9.25. The highest BCUT2D eigenvalue weighted by Crippen LogP contribution is 2.28. The summed E-state index contributed by atoms with van der Waals surface area (Å²) in [7, 11) is 0. The van der Waals surface area contributed by atoms with Gasteiger partial charge in [-0.05, 0) is 55.6 Å². The average Bonchev–Trinajstić information content (AvgIpc) is 2.91. The summed E-state index contributed by atoms with van der Waals surface area (Å²) in [6, 6.07) is 6.57. The number of aliphatic hydroxyl groups is 1. The molecule has 1 aromatic carbocycles. The minimum Gasteiger partial charge on any atom is -0.396 e. The second-order valence-electron chi connectivity index (χ2n) is 5.95. The van der Waals surface area contributed by atoms with Crippen LogP contribution in [0.25, 0.3) is 11.3 Å². The van der Waals surface area contributed by atoms with E-state index in [4.69, 9.17) is 0 Å². The monoisotopic (exact) mass is 336 g/mol. The summed E-state index contributed by atoms with van der Waals surface area (Å²) in [6.45, 7) is 1.87. The molecule has 1 aliphatic rings. The number of piperidine rings is 1. The van der Waals surface area contributed by atoms with Crippen LogP contribution in [-0.4, -0.2) is 34.2 Å². The molecule has 2 N–H and O–H groups in total. The van der Waals surface area contributed by atoms with E-state index in [1.165, 1.54) is 29.9 Å². The van der Waals surface area contributed by atoms with Crippen molar-refractivity contribution in [2.45, 2.75) is 38.3 Å². The number of aromatic amines is 1. The van der Waals surface area contributed by atoms with Crippen molar-refractivity contribution in [3.63, 3.8) is 0 Å².